The van der Waals surface area contributed by atoms with Gasteiger partial charge in [0.25, 0.3) is 0 Å². The second-order valence-electron chi connectivity index (χ2n) is 5.12. The first-order valence-corrected chi connectivity index (χ1v) is 8.15. The summed E-state index contributed by atoms with van der Waals surface area (Å²) in [5.41, 5.74) is 6.99. The van der Waals surface area contributed by atoms with Gasteiger partial charge in [-0.2, -0.15) is 0 Å². The van der Waals surface area contributed by atoms with E-state index < -0.39 is 15.9 Å². The van der Waals surface area contributed by atoms with Crippen LogP contribution in [0.4, 0.5) is 10.1 Å². The predicted octanol–water partition coefficient (Wildman–Crippen LogP) is 1.47. The average Bonchev–Trinajstić information content (AvgIpc) is 2.26. The minimum absolute atomic E-state index is 0.0991. The molecule has 1 aliphatic heterocycles. The molecule has 0 bridgehead atoms. The van der Waals surface area contributed by atoms with Crippen LogP contribution in [0, 0.1) is 5.82 Å². The largest absolute Gasteiger partial charge is 0.366 e. The Morgan fingerprint density at radius 1 is 1.47 bits per heavy atom. The Morgan fingerprint density at radius 3 is 2.74 bits per heavy atom. The summed E-state index contributed by atoms with van der Waals surface area (Å²) in [5.74, 6) is -0.137. The van der Waals surface area contributed by atoms with Crippen LogP contribution < -0.4 is 10.6 Å². The minimum Gasteiger partial charge on any atom is -0.366 e. The summed E-state index contributed by atoms with van der Waals surface area (Å²) in [6.07, 6.45) is 0. The summed E-state index contributed by atoms with van der Waals surface area (Å²) in [4.78, 5) is 1.93. The van der Waals surface area contributed by atoms with Crippen LogP contribution in [0.25, 0.3) is 0 Å². The first kappa shape index (κ1) is 14.3. The maximum Gasteiger partial charge on any atom is 0.154 e. The molecule has 1 saturated heterocycles. The topological polar surface area (TPSA) is 63.4 Å². The zero-order valence-corrected chi connectivity index (χ0v) is 12.0. The van der Waals surface area contributed by atoms with Crippen LogP contribution in [0.3, 0.4) is 0 Å². The molecule has 19 heavy (non-hydrogen) atoms. The van der Waals surface area contributed by atoms with E-state index in [1.165, 1.54) is 6.07 Å². The molecule has 2 rings (SSSR count). The first-order chi connectivity index (χ1) is 8.82. The van der Waals surface area contributed by atoms with Crippen LogP contribution in [-0.4, -0.2) is 32.5 Å². The van der Waals surface area contributed by atoms with E-state index in [0.29, 0.717) is 17.8 Å². The molecule has 0 radical (unpaired) electrons. The number of halogens is 1. The van der Waals surface area contributed by atoms with E-state index in [1.807, 2.05) is 11.8 Å². The third kappa shape index (κ3) is 2.90. The molecule has 0 saturated carbocycles. The van der Waals surface area contributed by atoms with E-state index in [4.69, 9.17) is 5.73 Å². The normalized spacial score (nSPS) is 24.2. The van der Waals surface area contributed by atoms with Crippen LogP contribution in [0.5, 0.6) is 0 Å². The number of rotatable bonds is 2. The third-order valence-electron chi connectivity index (χ3n) is 3.47. The summed E-state index contributed by atoms with van der Waals surface area (Å²) in [7, 11) is -2.98. The van der Waals surface area contributed by atoms with E-state index in [2.05, 4.69) is 0 Å². The Hall–Kier alpha value is -1.14. The molecule has 0 aromatic heterocycles. The van der Waals surface area contributed by atoms with Gasteiger partial charge >= 0.3 is 0 Å². The second kappa shape index (κ2) is 5.09. The van der Waals surface area contributed by atoms with Gasteiger partial charge in [-0.3, -0.25) is 0 Å². The van der Waals surface area contributed by atoms with Crippen LogP contribution in [0.1, 0.15) is 25.5 Å². The molecule has 0 aliphatic carbocycles. The molecule has 0 amide bonds. The molecule has 1 fully saturated rings. The van der Waals surface area contributed by atoms with Gasteiger partial charge in [0, 0.05) is 29.9 Å². The summed E-state index contributed by atoms with van der Waals surface area (Å²) >= 11 is 0. The van der Waals surface area contributed by atoms with Gasteiger partial charge in [-0.05, 0) is 26.0 Å². The molecular formula is C13H19FN2O2S. The molecule has 106 valence electrons. The molecule has 1 aliphatic rings. The van der Waals surface area contributed by atoms with Crippen molar-refractivity contribution in [2.45, 2.75) is 25.9 Å². The lowest BCUT2D eigenvalue weighted by Gasteiger charge is -2.37. The predicted molar refractivity (Wildman–Crippen MR) is 74.5 cm³/mol. The molecular weight excluding hydrogens is 267 g/mol. The van der Waals surface area contributed by atoms with Crippen molar-refractivity contribution in [3.8, 4) is 0 Å². The van der Waals surface area contributed by atoms with Gasteiger partial charge < -0.3 is 10.6 Å². The molecule has 0 spiro atoms. The van der Waals surface area contributed by atoms with Crippen molar-refractivity contribution < 1.29 is 12.8 Å². The van der Waals surface area contributed by atoms with Crippen molar-refractivity contribution in [1.82, 2.24) is 0 Å². The van der Waals surface area contributed by atoms with Gasteiger partial charge in [-0.15, -0.1) is 0 Å². The van der Waals surface area contributed by atoms with E-state index in [-0.39, 0.29) is 23.4 Å². The van der Waals surface area contributed by atoms with Gasteiger partial charge in [0.2, 0.25) is 0 Å². The maximum atomic E-state index is 13.9. The summed E-state index contributed by atoms with van der Waals surface area (Å²) in [5, 5.41) is 0. The molecule has 2 atom stereocenters. The third-order valence-corrected chi connectivity index (χ3v) is 5.26. The molecule has 2 unspecified atom stereocenters. The fourth-order valence-corrected chi connectivity index (χ4v) is 4.14. The number of nitrogens with two attached hydrogens (primary N) is 1. The Bertz CT molecular complexity index is 572. The van der Waals surface area contributed by atoms with Crippen LogP contribution in [0.2, 0.25) is 0 Å². The van der Waals surface area contributed by atoms with Crippen LogP contribution in [0.15, 0.2) is 18.2 Å². The van der Waals surface area contributed by atoms with Crippen LogP contribution >= 0.6 is 0 Å². The van der Waals surface area contributed by atoms with Gasteiger partial charge in [0.05, 0.1) is 11.5 Å². The Kier molecular flexibility index (Phi) is 3.82. The van der Waals surface area contributed by atoms with E-state index in [0.717, 1.165) is 0 Å². The van der Waals surface area contributed by atoms with Gasteiger partial charge in [0.1, 0.15) is 5.82 Å². The lowest BCUT2D eigenvalue weighted by molar-refractivity contribution is 0.562. The summed E-state index contributed by atoms with van der Waals surface area (Å²) < 4.78 is 37.1. The number of anilines is 1. The van der Waals surface area contributed by atoms with Crippen molar-refractivity contribution in [2.24, 2.45) is 5.73 Å². The molecule has 1 aromatic carbocycles. The molecule has 2 N–H and O–H groups in total. The highest BCUT2D eigenvalue weighted by Crippen LogP contribution is 2.30. The van der Waals surface area contributed by atoms with Gasteiger partial charge in [0.15, 0.2) is 9.84 Å². The quantitative estimate of drug-likeness (QED) is 0.894. The number of hydrogen-bond acceptors (Lipinski definition) is 4. The highest BCUT2D eigenvalue weighted by Gasteiger charge is 2.30. The summed E-state index contributed by atoms with van der Waals surface area (Å²) in [6.45, 7) is 3.95. The van der Waals surface area contributed by atoms with Crippen molar-refractivity contribution in [1.29, 1.82) is 0 Å². The van der Waals surface area contributed by atoms with Crippen molar-refractivity contribution in [3.05, 3.63) is 29.6 Å². The highest BCUT2D eigenvalue weighted by atomic mass is 32.2. The Morgan fingerprint density at radius 2 is 2.16 bits per heavy atom. The van der Waals surface area contributed by atoms with Gasteiger partial charge in [-0.1, -0.05) is 6.07 Å². The Labute approximate surface area is 113 Å². The minimum atomic E-state index is -2.98. The fourth-order valence-electron chi connectivity index (χ4n) is 2.58. The highest BCUT2D eigenvalue weighted by molar-refractivity contribution is 7.91. The van der Waals surface area contributed by atoms with Crippen molar-refractivity contribution in [2.75, 3.05) is 23.0 Å². The fraction of sp³-hybridized carbons (Fsp3) is 0.538. The van der Waals surface area contributed by atoms with E-state index >= 15 is 0 Å². The lowest BCUT2D eigenvalue weighted by Crippen LogP contribution is -2.47. The van der Waals surface area contributed by atoms with Crippen LogP contribution in [-0.2, 0) is 9.84 Å². The molecule has 1 aromatic rings. The van der Waals surface area contributed by atoms with Gasteiger partial charge in [-0.25, -0.2) is 12.8 Å². The number of nitrogens with zero attached hydrogens (tertiary/aromatic N) is 1. The van der Waals surface area contributed by atoms with Crippen molar-refractivity contribution >= 4 is 15.5 Å². The lowest BCUT2D eigenvalue weighted by atomic mass is 10.0. The Balaban J connectivity index is 2.40. The van der Waals surface area contributed by atoms with Crippen molar-refractivity contribution in [3.63, 3.8) is 0 Å². The average molecular weight is 286 g/mol. The number of benzene rings is 1. The maximum absolute atomic E-state index is 13.9. The molecule has 1 heterocycles. The molecule has 4 nitrogen and oxygen atoms in total. The molecule has 6 heteroatoms. The number of sulfone groups is 1. The van der Waals surface area contributed by atoms with E-state index in [9.17, 15) is 12.8 Å². The number of hydrogen-bond donors (Lipinski definition) is 1. The monoisotopic (exact) mass is 286 g/mol. The first-order valence-electron chi connectivity index (χ1n) is 6.33. The van der Waals surface area contributed by atoms with E-state index in [1.54, 1.807) is 19.1 Å². The smallest absolute Gasteiger partial charge is 0.154 e. The zero-order valence-electron chi connectivity index (χ0n) is 11.1. The summed E-state index contributed by atoms with van der Waals surface area (Å²) in [6, 6.07) is 4.22. The zero-order chi connectivity index (χ0) is 14.2. The second-order valence-corrected chi connectivity index (χ2v) is 7.35. The standard InChI is InChI=1S/C13H19FN2O2S/c1-9-8-19(17,18)7-6-16(9)12-5-3-4-11(14)13(12)10(2)15/h3-5,9-10H,6-8,15H2,1-2H3. The SMILES string of the molecule is CC(N)c1c(F)cccc1N1CCS(=O)(=O)CC1C.